The van der Waals surface area contributed by atoms with Crippen molar-refractivity contribution in [1.29, 1.82) is 0 Å². The number of thiazole rings is 1. The van der Waals surface area contributed by atoms with Crippen molar-refractivity contribution in [3.63, 3.8) is 0 Å². The second-order valence-corrected chi connectivity index (χ2v) is 9.35. The summed E-state index contributed by atoms with van der Waals surface area (Å²) < 4.78 is 6.60. The molecule has 130 valence electrons. The van der Waals surface area contributed by atoms with Gasteiger partial charge in [0.05, 0.1) is 16.2 Å². The minimum absolute atomic E-state index is 0.0922. The van der Waals surface area contributed by atoms with Crippen molar-refractivity contribution < 1.29 is 9.53 Å². The predicted octanol–water partition coefficient (Wildman–Crippen LogP) is 4.71. The Balaban J connectivity index is 1.76. The number of carbonyl (C=O) groups excluding carboxylic acids is 1. The van der Waals surface area contributed by atoms with Gasteiger partial charge in [0.2, 0.25) is 0 Å². The number of aromatic nitrogens is 1. The van der Waals surface area contributed by atoms with Gasteiger partial charge in [-0.15, -0.1) is 0 Å². The number of halogens is 1. The van der Waals surface area contributed by atoms with E-state index in [-0.39, 0.29) is 27.9 Å². The third-order valence-corrected chi connectivity index (χ3v) is 7.74. The summed E-state index contributed by atoms with van der Waals surface area (Å²) in [5, 5.41) is 0.745. The summed E-state index contributed by atoms with van der Waals surface area (Å²) in [6.07, 6.45) is 0. The molecule has 0 aliphatic carbocycles. The van der Waals surface area contributed by atoms with Gasteiger partial charge >= 0.3 is 10.8 Å². The van der Waals surface area contributed by atoms with Gasteiger partial charge in [-0.25, -0.2) is 0 Å². The molecule has 0 fully saturated rings. The van der Waals surface area contributed by atoms with E-state index < -0.39 is 0 Å². The monoisotopic (exact) mass is 445 g/mol. The van der Waals surface area contributed by atoms with Crippen LogP contribution in [-0.2, 0) is 4.79 Å². The molecule has 1 N–H and O–H groups in total. The van der Waals surface area contributed by atoms with E-state index in [4.69, 9.17) is 4.74 Å². The average molecular weight is 446 g/mol. The quantitative estimate of drug-likeness (QED) is 0.435. The molecule has 1 aromatic heterocycles. The van der Waals surface area contributed by atoms with Crippen LogP contribution in [0, 0.1) is 5.92 Å². The Morgan fingerprint density at radius 2 is 1.88 bits per heavy atom. The first-order chi connectivity index (χ1) is 12.6. The molecule has 0 bridgehead atoms. The fourth-order valence-electron chi connectivity index (χ4n) is 3.70. The molecular weight excluding hydrogens is 434 g/mol. The van der Waals surface area contributed by atoms with E-state index in [1.807, 2.05) is 48.5 Å². The smallest absolute Gasteiger partial charge is 0.316 e. The van der Waals surface area contributed by atoms with Gasteiger partial charge in [0.25, 0.3) is 0 Å². The van der Waals surface area contributed by atoms with Gasteiger partial charge in [0, 0.05) is 20.8 Å². The lowest BCUT2D eigenvalue weighted by Gasteiger charge is -2.39. The molecule has 0 amide bonds. The predicted molar refractivity (Wildman–Crippen MR) is 105 cm³/mol. The van der Waals surface area contributed by atoms with Crippen LogP contribution in [0.5, 0.6) is 5.75 Å². The number of esters is 1. The van der Waals surface area contributed by atoms with E-state index in [0.717, 1.165) is 25.5 Å². The van der Waals surface area contributed by atoms with Gasteiger partial charge in [-0.05, 0) is 23.8 Å². The molecule has 3 aromatic rings. The number of ether oxygens (including phenoxy) is 1. The Morgan fingerprint density at radius 1 is 1.08 bits per heavy atom. The first-order valence-electron chi connectivity index (χ1n) is 8.07. The molecular formula is C19H12BrNO3S2. The number of H-pyrrole nitrogens is 1. The van der Waals surface area contributed by atoms with Gasteiger partial charge in [0.1, 0.15) is 5.75 Å². The first-order valence-corrected chi connectivity index (χ1v) is 10.6. The lowest BCUT2D eigenvalue weighted by Crippen LogP contribution is -2.37. The highest BCUT2D eigenvalue weighted by atomic mass is 79.9. The molecule has 3 atom stereocenters. The number of hydrogen-bond acceptors (Lipinski definition) is 5. The number of rotatable bonds is 1. The molecule has 0 saturated carbocycles. The normalized spacial score (nSPS) is 23.6. The second kappa shape index (κ2) is 6.11. The zero-order valence-electron chi connectivity index (χ0n) is 13.3. The van der Waals surface area contributed by atoms with Crippen molar-refractivity contribution in [3.8, 4) is 5.75 Å². The third kappa shape index (κ3) is 2.49. The minimum Gasteiger partial charge on any atom is -0.426 e. The van der Waals surface area contributed by atoms with E-state index in [1.165, 1.54) is 11.3 Å². The van der Waals surface area contributed by atoms with Crippen molar-refractivity contribution in [2.45, 2.75) is 16.2 Å². The van der Waals surface area contributed by atoms with Crippen molar-refractivity contribution in [3.05, 3.63) is 78.7 Å². The zero-order valence-corrected chi connectivity index (χ0v) is 16.5. The number of fused-ring (bicyclic) bond motifs is 5. The van der Waals surface area contributed by atoms with Crippen LogP contribution in [0.1, 0.15) is 27.2 Å². The number of benzene rings is 2. The number of thioether (sulfide) groups is 1. The summed E-state index contributed by atoms with van der Waals surface area (Å²) in [4.78, 5) is 28.8. The van der Waals surface area contributed by atoms with Crippen LogP contribution in [0.15, 0.2) is 62.8 Å². The van der Waals surface area contributed by atoms with E-state index in [1.54, 1.807) is 11.8 Å². The van der Waals surface area contributed by atoms with E-state index in [9.17, 15) is 9.59 Å². The highest BCUT2D eigenvalue weighted by molar-refractivity contribution is 9.10. The van der Waals surface area contributed by atoms with Crippen LogP contribution in [0.3, 0.4) is 0 Å². The average Bonchev–Trinajstić information content (AvgIpc) is 3.02. The minimum atomic E-state index is -0.372. The summed E-state index contributed by atoms with van der Waals surface area (Å²) >= 11 is 6.25. The van der Waals surface area contributed by atoms with E-state index >= 15 is 0 Å². The van der Waals surface area contributed by atoms with Gasteiger partial charge < -0.3 is 9.72 Å². The maximum absolute atomic E-state index is 12.9. The lowest BCUT2D eigenvalue weighted by atomic mass is 9.78. The Morgan fingerprint density at radius 3 is 2.69 bits per heavy atom. The van der Waals surface area contributed by atoms with E-state index in [0.29, 0.717) is 5.75 Å². The molecule has 2 aliphatic heterocycles. The largest absolute Gasteiger partial charge is 0.426 e. The summed E-state index contributed by atoms with van der Waals surface area (Å²) in [7, 11) is 0. The number of nitrogens with one attached hydrogen (secondary N) is 1. The molecule has 0 saturated heterocycles. The van der Waals surface area contributed by atoms with Crippen molar-refractivity contribution in [2.75, 3.05) is 0 Å². The number of carbonyl (C=O) groups is 1. The molecule has 26 heavy (non-hydrogen) atoms. The molecule has 3 heterocycles. The maximum Gasteiger partial charge on any atom is 0.316 e. The fourth-order valence-corrected chi connectivity index (χ4v) is 6.67. The maximum atomic E-state index is 12.9. The fraction of sp³-hybridized carbons (Fsp3) is 0.158. The summed E-state index contributed by atoms with van der Waals surface area (Å²) in [6, 6.07) is 15.6. The van der Waals surface area contributed by atoms with E-state index in [2.05, 4.69) is 20.9 Å². The highest BCUT2D eigenvalue weighted by Crippen LogP contribution is 2.58. The SMILES string of the molecule is O=C1Oc2ccc(Br)cc2[C@@H]2c3sc(=O)[nH]c3S[C@H](c3ccccc3)[C@H]12. The van der Waals surface area contributed by atoms with Crippen LogP contribution in [0.25, 0.3) is 0 Å². The number of aromatic amines is 1. The topological polar surface area (TPSA) is 59.2 Å². The van der Waals surface area contributed by atoms with Crippen molar-refractivity contribution in [2.24, 2.45) is 5.92 Å². The summed E-state index contributed by atoms with van der Waals surface area (Å²) in [5.41, 5.74) is 2.00. The molecule has 5 rings (SSSR count). The van der Waals surface area contributed by atoms with Crippen LogP contribution >= 0.6 is 39.0 Å². The number of hydrogen-bond donors (Lipinski definition) is 1. The lowest BCUT2D eigenvalue weighted by molar-refractivity contribution is -0.140. The third-order valence-electron chi connectivity index (χ3n) is 4.77. The van der Waals surface area contributed by atoms with Crippen molar-refractivity contribution >= 4 is 45.0 Å². The molecule has 0 spiro atoms. The zero-order chi connectivity index (χ0) is 17.8. The van der Waals surface area contributed by atoms with Gasteiger partial charge in [0.15, 0.2) is 0 Å². The van der Waals surface area contributed by atoms with Gasteiger partial charge in [-0.2, -0.15) is 0 Å². The summed E-state index contributed by atoms with van der Waals surface area (Å²) in [6.45, 7) is 0. The van der Waals surface area contributed by atoms with Crippen molar-refractivity contribution in [1.82, 2.24) is 4.98 Å². The molecule has 7 heteroatoms. The molecule has 2 aromatic carbocycles. The Hall–Kier alpha value is -1.83. The Bertz CT molecular complexity index is 1080. The molecule has 4 nitrogen and oxygen atoms in total. The first kappa shape index (κ1) is 16.4. The molecule has 2 aliphatic rings. The Labute approximate surface area is 165 Å². The van der Waals surface area contributed by atoms with Crippen LogP contribution in [-0.4, -0.2) is 11.0 Å². The van der Waals surface area contributed by atoms with Crippen LogP contribution < -0.4 is 9.61 Å². The Kier molecular flexibility index (Phi) is 3.84. The second-order valence-electron chi connectivity index (χ2n) is 6.26. The van der Waals surface area contributed by atoms with Crippen LogP contribution in [0.2, 0.25) is 0 Å². The van der Waals surface area contributed by atoms with Crippen LogP contribution in [0.4, 0.5) is 0 Å². The highest BCUT2D eigenvalue weighted by Gasteiger charge is 2.49. The molecule has 0 radical (unpaired) electrons. The summed E-state index contributed by atoms with van der Waals surface area (Å²) in [5.74, 6) is -0.222. The van der Waals surface area contributed by atoms with Gasteiger partial charge in [-0.3, -0.25) is 9.59 Å². The molecule has 0 unspecified atom stereocenters. The van der Waals surface area contributed by atoms with Gasteiger partial charge in [-0.1, -0.05) is 69.4 Å². The standard InChI is InChI=1S/C19H12BrNO3S2/c20-10-6-7-12-11(8-10)13-14(18(22)24-12)15(9-4-2-1-3-5-9)25-17-16(13)26-19(23)21-17/h1-8,13-15H,(H,21,23)/t13-,14+,15+/m0/s1.